The van der Waals surface area contributed by atoms with Crippen LogP contribution in [0.4, 0.5) is 36.1 Å². The maximum atomic E-state index is 13.8. The minimum atomic E-state index is -4.76. The van der Waals surface area contributed by atoms with Gasteiger partial charge in [0, 0.05) is 17.1 Å². The van der Waals surface area contributed by atoms with Crippen molar-refractivity contribution in [3.05, 3.63) is 70.4 Å². The molecule has 40 heavy (non-hydrogen) atoms. The van der Waals surface area contributed by atoms with Crippen LogP contribution in [-0.4, -0.2) is 36.6 Å². The maximum absolute atomic E-state index is 13.8. The van der Waals surface area contributed by atoms with Gasteiger partial charge in [-0.3, -0.25) is 8.98 Å². The van der Waals surface area contributed by atoms with Crippen LogP contribution in [0.3, 0.4) is 0 Å². The summed E-state index contributed by atoms with van der Waals surface area (Å²) >= 11 is 1.35. The van der Waals surface area contributed by atoms with E-state index in [1.165, 1.54) is 23.7 Å². The number of benzene rings is 2. The minimum Gasteiger partial charge on any atom is -0.366 e. The van der Waals surface area contributed by atoms with E-state index in [-0.39, 0.29) is 11.3 Å². The van der Waals surface area contributed by atoms with Gasteiger partial charge >= 0.3 is 6.18 Å². The van der Waals surface area contributed by atoms with Crippen molar-refractivity contribution < 1.29 is 30.6 Å². The van der Waals surface area contributed by atoms with Gasteiger partial charge in [0.05, 0.1) is 45.6 Å². The van der Waals surface area contributed by atoms with Gasteiger partial charge in [-0.2, -0.15) is 21.6 Å². The van der Waals surface area contributed by atoms with Crippen LogP contribution < -0.4 is 16.0 Å². The number of carbonyl (C=O) groups is 1. The molecule has 0 atom stereocenters. The first-order chi connectivity index (χ1) is 18.9. The van der Waals surface area contributed by atoms with Crippen molar-refractivity contribution >= 4 is 60.5 Å². The number of alkyl halides is 3. The molecule has 1 saturated carbocycles. The molecule has 2 aromatic heterocycles. The lowest BCUT2D eigenvalue weighted by Gasteiger charge is -2.17. The number of anilines is 4. The van der Waals surface area contributed by atoms with E-state index in [1.807, 2.05) is 6.92 Å². The van der Waals surface area contributed by atoms with Crippen LogP contribution in [0.25, 0.3) is 10.2 Å². The smallest absolute Gasteiger partial charge is 0.366 e. The van der Waals surface area contributed by atoms with Gasteiger partial charge in [0.25, 0.3) is 16.0 Å². The van der Waals surface area contributed by atoms with Gasteiger partial charge in [-0.15, -0.1) is 11.3 Å². The van der Waals surface area contributed by atoms with E-state index in [0.29, 0.717) is 34.3 Å². The van der Waals surface area contributed by atoms with Crippen molar-refractivity contribution in [2.75, 3.05) is 22.2 Å². The number of carbonyl (C=O) groups excluding carboxylic acids is 1. The lowest BCUT2D eigenvalue weighted by atomic mass is 10.1. The molecule has 2 heterocycles. The molecule has 1 aliphatic carbocycles. The summed E-state index contributed by atoms with van der Waals surface area (Å²) in [5.74, 6) is 0.250. The summed E-state index contributed by atoms with van der Waals surface area (Å²) in [5, 5.41) is 10.8. The first kappa shape index (κ1) is 27.8. The molecule has 1 fully saturated rings. The van der Waals surface area contributed by atoms with Gasteiger partial charge < -0.3 is 16.0 Å². The molecule has 4 aromatic rings. The summed E-state index contributed by atoms with van der Waals surface area (Å²) in [5.41, 5.74) is 1.09. The van der Waals surface area contributed by atoms with Crippen LogP contribution in [-0.2, 0) is 27.1 Å². The minimum absolute atomic E-state index is 0.0827. The van der Waals surface area contributed by atoms with E-state index in [1.54, 1.807) is 23.6 Å². The third kappa shape index (κ3) is 6.51. The van der Waals surface area contributed by atoms with Gasteiger partial charge in [0.15, 0.2) is 0 Å². The molecule has 0 bridgehead atoms. The lowest BCUT2D eigenvalue weighted by Crippen LogP contribution is -2.14. The van der Waals surface area contributed by atoms with Crippen LogP contribution in [0.5, 0.6) is 0 Å². The molecule has 9 nitrogen and oxygen atoms in total. The Morgan fingerprint density at radius 1 is 1.12 bits per heavy atom. The first-order valence-electron chi connectivity index (χ1n) is 12.1. The predicted molar refractivity (Wildman–Crippen MR) is 148 cm³/mol. The molecule has 5 rings (SSSR count). The van der Waals surface area contributed by atoms with Crippen LogP contribution in [0, 0.1) is 6.92 Å². The number of aryl methyl sites for hydroxylation is 1. The Morgan fingerprint density at radius 2 is 1.90 bits per heavy atom. The summed E-state index contributed by atoms with van der Waals surface area (Å²) < 4.78 is 69.2. The lowest BCUT2D eigenvalue weighted by molar-refractivity contribution is -0.138. The Kier molecular flexibility index (Phi) is 7.42. The highest BCUT2D eigenvalue weighted by atomic mass is 32.2. The number of thiophene rings is 1. The normalized spacial score (nSPS) is 13.8. The highest BCUT2D eigenvalue weighted by molar-refractivity contribution is 7.85. The summed E-state index contributed by atoms with van der Waals surface area (Å²) in [6, 6.07) is 8.85. The molecule has 2 aromatic carbocycles. The number of halogens is 3. The third-order valence-electron chi connectivity index (χ3n) is 6.06. The second-order valence-electron chi connectivity index (χ2n) is 9.43. The maximum Gasteiger partial charge on any atom is 0.416 e. The Morgan fingerprint density at radius 3 is 2.60 bits per heavy atom. The fraction of sp³-hybridized carbons (Fsp3) is 0.269. The Hall–Kier alpha value is -3.75. The molecule has 14 heteroatoms. The summed E-state index contributed by atoms with van der Waals surface area (Å²) in [6.45, 7) is 1.07. The summed E-state index contributed by atoms with van der Waals surface area (Å²) in [4.78, 5) is 21.9. The van der Waals surface area contributed by atoms with E-state index in [4.69, 9.17) is 0 Å². The zero-order chi connectivity index (χ0) is 28.7. The zero-order valence-corrected chi connectivity index (χ0v) is 22.9. The Bertz CT molecular complexity index is 1700. The quantitative estimate of drug-likeness (QED) is 0.201. The molecule has 0 unspecified atom stereocenters. The molecular weight excluding hydrogens is 567 g/mol. The number of hydrogen-bond acceptors (Lipinski definition) is 9. The number of fused-ring (bicyclic) bond motifs is 1. The Balaban J connectivity index is 1.41. The molecule has 210 valence electrons. The van der Waals surface area contributed by atoms with Crippen LogP contribution in [0.2, 0.25) is 0 Å². The Labute approximate surface area is 231 Å². The standard InChI is InChI=1S/C26H24F3N5O4S2/c1-14-3-8-20(32-17-5-4-15(11-38-40(2,36)37)19(10-17)26(27,28)29)21(9-14)34-25(35)18-12-39-23-22(18)30-13-31-24(23)33-16-6-7-16/h3-5,8-10,12-13,16,32H,6-7,11H2,1-2H3,(H,34,35)(H,30,31,33). The van der Waals surface area contributed by atoms with Gasteiger partial charge in [-0.05, 0) is 55.2 Å². The second-order valence-corrected chi connectivity index (χ2v) is 12.0. The summed E-state index contributed by atoms with van der Waals surface area (Å²) in [6.07, 6.45) is -0.463. The van der Waals surface area contributed by atoms with E-state index < -0.39 is 34.4 Å². The van der Waals surface area contributed by atoms with Crippen LogP contribution in [0.15, 0.2) is 48.1 Å². The van der Waals surface area contributed by atoms with Gasteiger partial charge in [0.2, 0.25) is 0 Å². The second kappa shape index (κ2) is 10.7. The molecule has 0 aliphatic heterocycles. The number of rotatable bonds is 9. The molecule has 0 saturated heterocycles. The van der Waals surface area contributed by atoms with E-state index >= 15 is 0 Å². The summed E-state index contributed by atoms with van der Waals surface area (Å²) in [7, 11) is -3.94. The largest absolute Gasteiger partial charge is 0.416 e. The van der Waals surface area contributed by atoms with Crippen molar-refractivity contribution in [3.8, 4) is 0 Å². The highest BCUT2D eigenvalue weighted by Gasteiger charge is 2.34. The van der Waals surface area contributed by atoms with Crippen molar-refractivity contribution in [2.24, 2.45) is 0 Å². The topological polar surface area (TPSA) is 122 Å². The predicted octanol–water partition coefficient (Wildman–Crippen LogP) is 6.06. The van der Waals surface area contributed by atoms with E-state index in [0.717, 1.165) is 41.5 Å². The number of aromatic nitrogens is 2. The van der Waals surface area contributed by atoms with E-state index in [9.17, 15) is 26.4 Å². The highest BCUT2D eigenvalue weighted by Crippen LogP contribution is 2.37. The fourth-order valence-electron chi connectivity index (χ4n) is 3.97. The monoisotopic (exact) mass is 591 g/mol. The molecule has 0 spiro atoms. The van der Waals surface area contributed by atoms with Crippen molar-refractivity contribution in [2.45, 2.75) is 38.6 Å². The number of amides is 1. The molecule has 0 radical (unpaired) electrons. The van der Waals surface area contributed by atoms with E-state index in [2.05, 4.69) is 30.1 Å². The number of nitrogens with one attached hydrogen (secondary N) is 3. The molecule has 1 aliphatic rings. The zero-order valence-electron chi connectivity index (χ0n) is 21.3. The molecule has 3 N–H and O–H groups in total. The van der Waals surface area contributed by atoms with Crippen LogP contribution >= 0.6 is 11.3 Å². The SMILES string of the molecule is Cc1ccc(Nc2ccc(COS(C)(=O)=O)c(C(F)(F)F)c2)c(NC(=O)c2csc3c(NC4CC4)ncnc23)c1. The van der Waals surface area contributed by atoms with Crippen LogP contribution in [0.1, 0.15) is 39.9 Å². The van der Waals surface area contributed by atoms with Gasteiger partial charge in [-0.25, -0.2) is 9.97 Å². The van der Waals surface area contributed by atoms with Crippen molar-refractivity contribution in [3.63, 3.8) is 0 Å². The van der Waals surface area contributed by atoms with Crippen molar-refractivity contribution in [1.82, 2.24) is 9.97 Å². The van der Waals surface area contributed by atoms with Crippen molar-refractivity contribution in [1.29, 1.82) is 0 Å². The number of nitrogens with zero attached hydrogens (tertiary/aromatic N) is 2. The van der Waals surface area contributed by atoms with Gasteiger partial charge in [0.1, 0.15) is 12.1 Å². The molecular formula is C26H24F3N5O4S2. The average molecular weight is 592 g/mol. The average Bonchev–Trinajstić information content (AvgIpc) is 3.58. The fourth-order valence-corrected chi connectivity index (χ4v) is 5.26. The first-order valence-corrected chi connectivity index (χ1v) is 14.8. The number of hydrogen-bond donors (Lipinski definition) is 3. The van der Waals surface area contributed by atoms with Gasteiger partial charge in [-0.1, -0.05) is 12.1 Å². The third-order valence-corrected chi connectivity index (χ3v) is 7.58. The molecule has 1 amide bonds.